The molecule has 0 radical (unpaired) electrons. The lowest BCUT2D eigenvalue weighted by atomic mass is 10.1. The maximum atomic E-state index is 11.3. The second-order valence-corrected chi connectivity index (χ2v) is 5.91. The average molecular weight is 233 g/mol. The molecule has 0 aliphatic heterocycles. The predicted octanol–water partition coefficient (Wildman–Crippen LogP) is 0.674. The van der Waals surface area contributed by atoms with Crippen molar-refractivity contribution in [1.82, 2.24) is 0 Å². The van der Waals surface area contributed by atoms with Crippen molar-refractivity contribution >= 4 is 15.6 Å². The maximum absolute atomic E-state index is 11.3. The summed E-state index contributed by atoms with van der Waals surface area (Å²) < 4.78 is 22.2. The van der Waals surface area contributed by atoms with Crippen molar-refractivity contribution in [3.8, 4) is 0 Å². The minimum absolute atomic E-state index is 0.0655. The number of nitrogens with two attached hydrogens (primary N) is 1. The number of carbonyl (C=O) groups is 1. The van der Waals surface area contributed by atoms with Crippen LogP contribution in [0, 0.1) is 0 Å². The molecule has 0 aromatic rings. The van der Waals surface area contributed by atoms with E-state index in [0.717, 1.165) is 0 Å². The Morgan fingerprint density at radius 1 is 1.53 bits per heavy atom. The standard InChI is InChI=1S/C10H19NO3S/c1-3-6-9(11)10(12)7-5-8-15(13,14)4-2/h3,9H,1,4-8,11H2,2H3. The number of hydrogen-bond acceptors (Lipinski definition) is 4. The third kappa shape index (κ3) is 6.41. The number of hydrogen-bond donors (Lipinski definition) is 1. The van der Waals surface area contributed by atoms with E-state index in [0.29, 0.717) is 12.8 Å². The molecule has 0 saturated carbocycles. The third-order valence-corrected chi connectivity index (χ3v) is 3.94. The molecule has 0 aromatic heterocycles. The van der Waals surface area contributed by atoms with E-state index in [1.54, 1.807) is 13.0 Å². The Hall–Kier alpha value is -0.680. The summed E-state index contributed by atoms with van der Waals surface area (Å²) in [5.74, 6) is 0.0943. The van der Waals surface area contributed by atoms with Crippen LogP contribution in [0.25, 0.3) is 0 Å². The summed E-state index contributed by atoms with van der Waals surface area (Å²) in [6.45, 7) is 5.09. The number of ketones is 1. The van der Waals surface area contributed by atoms with Gasteiger partial charge in [-0.15, -0.1) is 6.58 Å². The van der Waals surface area contributed by atoms with E-state index < -0.39 is 15.9 Å². The van der Waals surface area contributed by atoms with Gasteiger partial charge in [-0.05, 0) is 12.8 Å². The Morgan fingerprint density at radius 3 is 2.60 bits per heavy atom. The molecular weight excluding hydrogens is 214 g/mol. The molecule has 1 unspecified atom stereocenters. The number of Topliss-reactive ketones (excluding diaryl/α,β-unsaturated/α-hetero) is 1. The molecule has 0 bridgehead atoms. The first-order valence-electron chi connectivity index (χ1n) is 5.02. The van der Waals surface area contributed by atoms with Gasteiger partial charge < -0.3 is 5.73 Å². The second-order valence-electron chi connectivity index (χ2n) is 3.44. The lowest BCUT2D eigenvalue weighted by Gasteiger charge is -2.07. The molecule has 0 rings (SSSR count). The van der Waals surface area contributed by atoms with Crippen molar-refractivity contribution < 1.29 is 13.2 Å². The number of sulfone groups is 1. The molecule has 0 aliphatic carbocycles. The second kappa shape index (κ2) is 6.74. The molecule has 88 valence electrons. The van der Waals surface area contributed by atoms with Crippen LogP contribution in [-0.2, 0) is 14.6 Å². The fourth-order valence-electron chi connectivity index (χ4n) is 1.11. The topological polar surface area (TPSA) is 77.2 Å². The first-order valence-corrected chi connectivity index (χ1v) is 6.84. The van der Waals surface area contributed by atoms with E-state index >= 15 is 0 Å². The largest absolute Gasteiger partial charge is 0.321 e. The molecule has 0 heterocycles. The molecule has 0 aromatic carbocycles. The SMILES string of the molecule is C=CCC(N)C(=O)CCCS(=O)(=O)CC. The fraction of sp³-hybridized carbons (Fsp3) is 0.700. The summed E-state index contributed by atoms with van der Waals surface area (Å²) >= 11 is 0. The highest BCUT2D eigenvalue weighted by molar-refractivity contribution is 7.91. The van der Waals surface area contributed by atoms with Crippen molar-refractivity contribution in [1.29, 1.82) is 0 Å². The highest BCUT2D eigenvalue weighted by Gasteiger charge is 2.13. The van der Waals surface area contributed by atoms with Gasteiger partial charge in [-0.3, -0.25) is 4.79 Å². The van der Waals surface area contributed by atoms with E-state index in [4.69, 9.17) is 5.73 Å². The Labute approximate surface area is 91.5 Å². The molecule has 0 aliphatic rings. The van der Waals surface area contributed by atoms with Crippen molar-refractivity contribution in [2.45, 2.75) is 32.2 Å². The smallest absolute Gasteiger partial charge is 0.150 e. The Morgan fingerprint density at radius 2 is 2.13 bits per heavy atom. The Bertz CT molecular complexity index is 309. The van der Waals surface area contributed by atoms with E-state index in [9.17, 15) is 13.2 Å². The summed E-state index contributed by atoms with van der Waals surface area (Å²) in [7, 11) is -2.97. The summed E-state index contributed by atoms with van der Waals surface area (Å²) in [5.41, 5.74) is 5.54. The molecule has 2 N–H and O–H groups in total. The zero-order chi connectivity index (χ0) is 11.9. The summed E-state index contributed by atoms with van der Waals surface area (Å²) in [6.07, 6.45) is 2.62. The normalized spacial score (nSPS) is 13.5. The molecule has 4 nitrogen and oxygen atoms in total. The van der Waals surface area contributed by atoms with Crippen LogP contribution < -0.4 is 5.73 Å². The fourth-order valence-corrected chi connectivity index (χ4v) is 1.98. The van der Waals surface area contributed by atoms with Gasteiger partial charge in [0.2, 0.25) is 0 Å². The molecule has 15 heavy (non-hydrogen) atoms. The molecule has 1 atom stereocenters. The quantitative estimate of drug-likeness (QED) is 0.625. The van der Waals surface area contributed by atoms with Gasteiger partial charge in [0.15, 0.2) is 0 Å². The van der Waals surface area contributed by atoms with Crippen LogP contribution >= 0.6 is 0 Å². The lowest BCUT2D eigenvalue weighted by molar-refractivity contribution is -0.120. The number of carbonyl (C=O) groups excluding carboxylic acids is 1. The first-order chi connectivity index (χ1) is 6.93. The van der Waals surface area contributed by atoms with E-state index in [-0.39, 0.29) is 23.7 Å². The molecule has 5 heteroatoms. The molecule has 0 fully saturated rings. The van der Waals surface area contributed by atoms with Crippen LogP contribution in [0.15, 0.2) is 12.7 Å². The van der Waals surface area contributed by atoms with Crippen molar-refractivity contribution in [2.75, 3.05) is 11.5 Å². The van der Waals surface area contributed by atoms with Gasteiger partial charge in [-0.1, -0.05) is 13.0 Å². The zero-order valence-electron chi connectivity index (χ0n) is 9.11. The monoisotopic (exact) mass is 233 g/mol. The first kappa shape index (κ1) is 14.3. The minimum Gasteiger partial charge on any atom is -0.321 e. The Kier molecular flexibility index (Phi) is 6.43. The van der Waals surface area contributed by atoms with Crippen LogP contribution in [0.1, 0.15) is 26.2 Å². The molecule has 0 saturated heterocycles. The minimum atomic E-state index is -2.97. The highest BCUT2D eigenvalue weighted by Crippen LogP contribution is 2.02. The average Bonchev–Trinajstić information content (AvgIpc) is 2.18. The van der Waals surface area contributed by atoms with Crippen LogP contribution in [0.5, 0.6) is 0 Å². The van der Waals surface area contributed by atoms with Gasteiger partial charge in [0.1, 0.15) is 15.6 Å². The molecule has 0 amide bonds. The zero-order valence-corrected chi connectivity index (χ0v) is 9.92. The van der Waals surface area contributed by atoms with Crippen LogP contribution in [0.3, 0.4) is 0 Å². The van der Waals surface area contributed by atoms with Gasteiger partial charge in [-0.25, -0.2) is 8.42 Å². The van der Waals surface area contributed by atoms with Crippen LogP contribution in [0.4, 0.5) is 0 Å². The third-order valence-electron chi connectivity index (χ3n) is 2.15. The van der Waals surface area contributed by atoms with Crippen molar-refractivity contribution in [3.63, 3.8) is 0 Å². The molecule has 0 spiro atoms. The lowest BCUT2D eigenvalue weighted by Crippen LogP contribution is -2.30. The predicted molar refractivity (Wildman–Crippen MR) is 61.4 cm³/mol. The van der Waals surface area contributed by atoms with Gasteiger partial charge in [-0.2, -0.15) is 0 Å². The van der Waals surface area contributed by atoms with E-state index in [1.165, 1.54) is 0 Å². The van der Waals surface area contributed by atoms with Gasteiger partial charge in [0, 0.05) is 12.2 Å². The number of rotatable bonds is 8. The maximum Gasteiger partial charge on any atom is 0.150 e. The molecular formula is C10H19NO3S. The van der Waals surface area contributed by atoms with Gasteiger partial charge >= 0.3 is 0 Å². The van der Waals surface area contributed by atoms with Crippen LogP contribution in [0.2, 0.25) is 0 Å². The van der Waals surface area contributed by atoms with Gasteiger partial charge in [0.05, 0.1) is 11.8 Å². The van der Waals surface area contributed by atoms with E-state index in [1.807, 2.05) is 0 Å². The summed E-state index contributed by atoms with van der Waals surface area (Å²) in [5, 5.41) is 0. The van der Waals surface area contributed by atoms with Crippen LogP contribution in [-0.4, -0.2) is 31.7 Å². The van der Waals surface area contributed by atoms with E-state index in [2.05, 4.69) is 6.58 Å². The van der Waals surface area contributed by atoms with Gasteiger partial charge in [0.25, 0.3) is 0 Å². The summed E-state index contributed by atoms with van der Waals surface area (Å²) in [6, 6.07) is -0.535. The van der Waals surface area contributed by atoms with Crippen molar-refractivity contribution in [2.24, 2.45) is 5.73 Å². The Balaban J connectivity index is 3.87. The summed E-state index contributed by atoms with van der Waals surface area (Å²) in [4.78, 5) is 11.3. The van der Waals surface area contributed by atoms with Crippen molar-refractivity contribution in [3.05, 3.63) is 12.7 Å². The highest BCUT2D eigenvalue weighted by atomic mass is 32.2.